The lowest BCUT2D eigenvalue weighted by Crippen LogP contribution is -2.45. The third-order valence-electron chi connectivity index (χ3n) is 4.19. The fraction of sp³-hybridized carbons (Fsp3) is 0.688. The van der Waals surface area contributed by atoms with Crippen LogP contribution >= 0.6 is 0 Å². The maximum atomic E-state index is 11.6. The molecule has 0 radical (unpaired) electrons. The summed E-state index contributed by atoms with van der Waals surface area (Å²) in [5.41, 5.74) is 0.228. The third kappa shape index (κ3) is 9.96. The van der Waals surface area contributed by atoms with Crippen molar-refractivity contribution in [2.24, 2.45) is 5.92 Å². The lowest BCUT2D eigenvalue weighted by Gasteiger charge is -2.35. The third-order valence-corrected chi connectivity index (χ3v) is 4.19. The van der Waals surface area contributed by atoms with Crippen molar-refractivity contribution < 1.29 is 24.6 Å². The highest BCUT2D eigenvalue weighted by atomic mass is 16.3. The molecule has 0 aliphatic carbocycles. The van der Waals surface area contributed by atoms with Gasteiger partial charge in [0, 0.05) is 18.6 Å². The Morgan fingerprint density at radius 1 is 1.38 bits per heavy atom. The second-order valence-corrected chi connectivity index (χ2v) is 6.06. The van der Waals surface area contributed by atoms with E-state index in [4.69, 9.17) is 19.8 Å². The number of carbonyl (C=O) groups excluding carboxylic acids is 1. The van der Waals surface area contributed by atoms with Crippen molar-refractivity contribution in [2.75, 3.05) is 40.3 Å². The minimum Gasteiger partial charge on any atom is -0.483 e. The van der Waals surface area contributed by atoms with E-state index in [1.165, 1.54) is 6.42 Å². The van der Waals surface area contributed by atoms with Gasteiger partial charge in [-0.25, -0.2) is 0 Å². The highest BCUT2D eigenvalue weighted by Crippen LogP contribution is 2.33. The zero-order valence-corrected chi connectivity index (χ0v) is 15.1. The molecule has 0 aromatic heterocycles. The summed E-state index contributed by atoms with van der Waals surface area (Å²) in [6.07, 6.45) is 2.91. The molecular formula is C16H31N3O5. The second-order valence-electron chi connectivity index (χ2n) is 6.06. The van der Waals surface area contributed by atoms with Crippen LogP contribution in [0.25, 0.3) is 0 Å². The summed E-state index contributed by atoms with van der Waals surface area (Å²) in [4.78, 5) is 32.8. The summed E-state index contributed by atoms with van der Waals surface area (Å²) in [6, 6.07) is 0. The predicted molar refractivity (Wildman–Crippen MR) is 92.9 cm³/mol. The largest absolute Gasteiger partial charge is 0.483 e. The van der Waals surface area contributed by atoms with Gasteiger partial charge in [0.25, 0.3) is 12.9 Å². The smallest absolute Gasteiger partial charge is 0.290 e. The molecule has 8 nitrogen and oxygen atoms in total. The van der Waals surface area contributed by atoms with Gasteiger partial charge in [0.1, 0.15) is 0 Å². The van der Waals surface area contributed by atoms with Crippen LogP contribution in [0.15, 0.2) is 12.7 Å². The number of nitrogens with zero attached hydrogens (tertiary/aromatic N) is 2. The highest BCUT2D eigenvalue weighted by molar-refractivity contribution is 5.78. The minimum atomic E-state index is -0.250. The molecular weight excluding hydrogens is 314 g/mol. The van der Waals surface area contributed by atoms with Crippen molar-refractivity contribution in [2.45, 2.75) is 25.8 Å². The van der Waals surface area contributed by atoms with E-state index in [-0.39, 0.29) is 24.4 Å². The summed E-state index contributed by atoms with van der Waals surface area (Å²) >= 11 is 0. The number of rotatable bonds is 6. The van der Waals surface area contributed by atoms with Crippen LogP contribution in [-0.2, 0) is 14.4 Å². The number of hydrogen-bond acceptors (Lipinski definition) is 5. The van der Waals surface area contributed by atoms with E-state index in [1.807, 2.05) is 7.05 Å². The number of nitrogens with one attached hydrogen (secondary N) is 1. The first-order valence-corrected chi connectivity index (χ1v) is 7.64. The first-order chi connectivity index (χ1) is 11.2. The van der Waals surface area contributed by atoms with Gasteiger partial charge in [0.05, 0.1) is 6.54 Å². The topological polar surface area (TPSA) is 110 Å². The van der Waals surface area contributed by atoms with Crippen LogP contribution in [0, 0.1) is 5.92 Å². The summed E-state index contributed by atoms with van der Waals surface area (Å²) in [6.45, 7) is 10.8. The molecule has 1 saturated heterocycles. The molecule has 1 amide bonds. The molecule has 1 atom stereocenters. The lowest BCUT2D eigenvalue weighted by molar-refractivity contribution is -0.123. The monoisotopic (exact) mass is 345 g/mol. The van der Waals surface area contributed by atoms with Crippen LogP contribution in [0.2, 0.25) is 0 Å². The fourth-order valence-corrected chi connectivity index (χ4v) is 2.55. The summed E-state index contributed by atoms with van der Waals surface area (Å²) in [5.74, 6) is 0.696. The second kappa shape index (κ2) is 13.5. The van der Waals surface area contributed by atoms with E-state index in [0.717, 1.165) is 13.1 Å². The standard InChI is InChI=1S/C14H27N3O.2CH2O2/c1-6-8-15-13(18)11-16(4)10-12-7-9-17(5)14(12,2)3;2*2-1-3/h6,12H,1,7-11H2,2-5H3,(H,15,18);2*1H,(H,2,3). The number of carbonyl (C=O) groups is 3. The summed E-state index contributed by atoms with van der Waals surface area (Å²) in [7, 11) is 4.19. The molecule has 1 heterocycles. The Morgan fingerprint density at radius 2 is 1.88 bits per heavy atom. The van der Waals surface area contributed by atoms with Crippen molar-refractivity contribution in [3.63, 3.8) is 0 Å². The normalized spacial score (nSPS) is 18.5. The van der Waals surface area contributed by atoms with Crippen molar-refractivity contribution in [1.29, 1.82) is 0 Å². The molecule has 3 N–H and O–H groups in total. The van der Waals surface area contributed by atoms with Crippen molar-refractivity contribution >= 4 is 18.9 Å². The van der Waals surface area contributed by atoms with Gasteiger partial charge in [-0.2, -0.15) is 0 Å². The van der Waals surface area contributed by atoms with E-state index in [9.17, 15) is 4.79 Å². The maximum Gasteiger partial charge on any atom is 0.290 e. The molecule has 24 heavy (non-hydrogen) atoms. The van der Waals surface area contributed by atoms with Gasteiger partial charge in [-0.1, -0.05) is 6.08 Å². The van der Waals surface area contributed by atoms with Crippen molar-refractivity contribution in [3.8, 4) is 0 Å². The Morgan fingerprint density at radius 3 is 2.25 bits per heavy atom. The zero-order chi connectivity index (χ0) is 19.2. The molecule has 8 heteroatoms. The van der Waals surface area contributed by atoms with E-state index >= 15 is 0 Å². The van der Waals surface area contributed by atoms with E-state index < -0.39 is 0 Å². The fourth-order valence-electron chi connectivity index (χ4n) is 2.55. The lowest BCUT2D eigenvalue weighted by atomic mass is 9.88. The number of likely N-dealkylation sites (tertiary alicyclic amines) is 1. The van der Waals surface area contributed by atoms with Crippen molar-refractivity contribution in [3.05, 3.63) is 12.7 Å². The molecule has 1 fully saturated rings. The average molecular weight is 345 g/mol. The Balaban J connectivity index is 0. The molecule has 0 spiro atoms. The van der Waals surface area contributed by atoms with Crippen LogP contribution in [-0.4, -0.2) is 84.7 Å². The molecule has 1 aliphatic rings. The molecule has 1 unspecified atom stereocenters. The van der Waals surface area contributed by atoms with Gasteiger partial charge < -0.3 is 20.4 Å². The first-order valence-electron chi connectivity index (χ1n) is 7.64. The molecule has 0 saturated carbocycles. The van der Waals surface area contributed by atoms with Crippen molar-refractivity contribution in [1.82, 2.24) is 15.1 Å². The Hall–Kier alpha value is -1.93. The molecule has 1 aliphatic heterocycles. The van der Waals surface area contributed by atoms with E-state index in [2.05, 4.69) is 42.6 Å². The van der Waals surface area contributed by atoms with Gasteiger partial charge >= 0.3 is 0 Å². The minimum absolute atomic E-state index is 0.0709. The highest BCUT2D eigenvalue weighted by Gasteiger charge is 2.39. The molecule has 140 valence electrons. The van der Waals surface area contributed by atoms with E-state index in [1.54, 1.807) is 6.08 Å². The van der Waals surface area contributed by atoms with E-state index in [0.29, 0.717) is 19.0 Å². The number of carboxylic acid groups (broad SMARTS) is 2. The Labute approximate surface area is 144 Å². The zero-order valence-electron chi connectivity index (χ0n) is 15.1. The number of amides is 1. The summed E-state index contributed by atoms with van der Waals surface area (Å²) in [5, 5.41) is 16.6. The number of likely N-dealkylation sites (N-methyl/N-ethyl adjacent to an activating group) is 1. The molecule has 0 bridgehead atoms. The maximum absolute atomic E-state index is 11.6. The Bertz CT molecular complexity index is 382. The molecule has 0 aromatic carbocycles. The number of hydrogen-bond donors (Lipinski definition) is 3. The molecule has 1 rings (SSSR count). The average Bonchev–Trinajstić information content (AvgIpc) is 2.73. The van der Waals surface area contributed by atoms with Gasteiger partial charge in [0.2, 0.25) is 5.91 Å². The summed E-state index contributed by atoms with van der Waals surface area (Å²) < 4.78 is 0. The van der Waals surface area contributed by atoms with Crippen LogP contribution in [0.5, 0.6) is 0 Å². The predicted octanol–water partition coefficient (Wildman–Crippen LogP) is 0.352. The Kier molecular flexibility index (Phi) is 13.7. The van der Waals surface area contributed by atoms with Crippen LogP contribution in [0.4, 0.5) is 0 Å². The SMILES string of the molecule is C=CCNC(=O)CN(C)CC1CCN(C)C1(C)C.O=CO.O=CO. The van der Waals surface area contributed by atoms with Crippen LogP contribution in [0.1, 0.15) is 20.3 Å². The van der Waals surface area contributed by atoms with Crippen LogP contribution < -0.4 is 5.32 Å². The first kappa shape index (κ1) is 24.3. The van der Waals surface area contributed by atoms with Gasteiger partial charge in [-0.15, -0.1) is 6.58 Å². The van der Waals surface area contributed by atoms with Gasteiger partial charge in [-0.05, 0) is 46.8 Å². The van der Waals surface area contributed by atoms with Gasteiger partial charge in [-0.3, -0.25) is 19.3 Å². The quantitative estimate of drug-likeness (QED) is 0.471. The van der Waals surface area contributed by atoms with Gasteiger partial charge in [0.15, 0.2) is 0 Å². The van der Waals surface area contributed by atoms with Crippen LogP contribution in [0.3, 0.4) is 0 Å². The molecule has 0 aromatic rings.